The summed E-state index contributed by atoms with van der Waals surface area (Å²) in [7, 11) is 0. The maximum Gasteiger partial charge on any atom is 0.372 e. The Morgan fingerprint density at radius 2 is 2.00 bits per heavy atom. The van der Waals surface area contributed by atoms with E-state index in [-0.39, 0.29) is 6.42 Å². The number of carbonyl (C=O) groups is 2. The van der Waals surface area contributed by atoms with Crippen LogP contribution in [0.25, 0.3) is 0 Å². The molecule has 3 heteroatoms. The Labute approximate surface area is 53.7 Å². The van der Waals surface area contributed by atoms with E-state index in [0.29, 0.717) is 6.42 Å². The van der Waals surface area contributed by atoms with E-state index in [1.165, 1.54) is 0 Å². The molecule has 0 bridgehead atoms. The number of unbranched alkanes of at least 4 members (excludes halogenated alkanes) is 1. The number of ketones is 1. The lowest BCUT2D eigenvalue weighted by Gasteiger charge is -1.89. The highest BCUT2D eigenvalue weighted by atomic mass is 16.4. The largest absolute Gasteiger partial charge is 0.476 e. The highest BCUT2D eigenvalue weighted by molar-refractivity contribution is 6.32. The van der Waals surface area contributed by atoms with Crippen molar-refractivity contribution in [3.8, 4) is 0 Å². The standard InChI is InChI=1S/C6H10O3/c1-2-3-4-5(7)6(8)9/h2-4H2,1H3,(H,8,9). The number of carboxylic acids is 1. The third-order valence-corrected chi connectivity index (χ3v) is 0.996. The first-order valence-electron chi connectivity index (χ1n) is 2.94. The molecule has 0 aliphatic carbocycles. The van der Waals surface area contributed by atoms with Gasteiger partial charge in [0.1, 0.15) is 0 Å². The van der Waals surface area contributed by atoms with Crippen molar-refractivity contribution in [2.75, 3.05) is 0 Å². The molecule has 1 N–H and O–H groups in total. The highest BCUT2D eigenvalue weighted by Gasteiger charge is 2.08. The van der Waals surface area contributed by atoms with Crippen molar-refractivity contribution in [3.05, 3.63) is 0 Å². The fourth-order valence-electron chi connectivity index (χ4n) is 0.444. The molecule has 0 aromatic rings. The molecule has 0 spiro atoms. The predicted molar refractivity (Wildman–Crippen MR) is 32.2 cm³/mol. The second-order valence-electron chi connectivity index (χ2n) is 1.83. The van der Waals surface area contributed by atoms with Crippen molar-refractivity contribution < 1.29 is 14.7 Å². The SMILES string of the molecule is CCCCC(=O)C(=O)O. The summed E-state index contributed by atoms with van der Waals surface area (Å²) in [6, 6.07) is 0. The molecule has 0 saturated heterocycles. The van der Waals surface area contributed by atoms with Crippen LogP contribution in [0, 0.1) is 0 Å². The minimum Gasteiger partial charge on any atom is -0.476 e. The van der Waals surface area contributed by atoms with Gasteiger partial charge in [0.05, 0.1) is 0 Å². The van der Waals surface area contributed by atoms with Gasteiger partial charge in [-0.2, -0.15) is 0 Å². The van der Waals surface area contributed by atoms with Crippen molar-refractivity contribution in [1.29, 1.82) is 0 Å². The first-order valence-corrected chi connectivity index (χ1v) is 2.94. The van der Waals surface area contributed by atoms with E-state index in [1.54, 1.807) is 0 Å². The number of hydrogen-bond donors (Lipinski definition) is 1. The normalized spacial score (nSPS) is 9.00. The third-order valence-electron chi connectivity index (χ3n) is 0.996. The van der Waals surface area contributed by atoms with Gasteiger partial charge < -0.3 is 5.11 Å². The van der Waals surface area contributed by atoms with Gasteiger partial charge in [-0.25, -0.2) is 4.79 Å². The third kappa shape index (κ3) is 3.70. The molecule has 0 unspecified atom stereocenters. The molecule has 0 heterocycles. The Bertz CT molecular complexity index is 117. The van der Waals surface area contributed by atoms with Gasteiger partial charge in [-0.15, -0.1) is 0 Å². The van der Waals surface area contributed by atoms with Crippen molar-refractivity contribution in [2.45, 2.75) is 26.2 Å². The van der Waals surface area contributed by atoms with E-state index in [1.807, 2.05) is 6.92 Å². The molecule has 0 rings (SSSR count). The van der Waals surface area contributed by atoms with Crippen molar-refractivity contribution in [3.63, 3.8) is 0 Å². The minimum absolute atomic E-state index is 0.172. The molecule has 0 saturated carbocycles. The van der Waals surface area contributed by atoms with E-state index in [4.69, 9.17) is 5.11 Å². The summed E-state index contributed by atoms with van der Waals surface area (Å²) in [6.45, 7) is 1.91. The number of hydrogen-bond acceptors (Lipinski definition) is 2. The molecular weight excluding hydrogens is 120 g/mol. The summed E-state index contributed by atoms with van der Waals surface area (Å²) < 4.78 is 0. The zero-order chi connectivity index (χ0) is 7.28. The minimum atomic E-state index is -1.32. The van der Waals surface area contributed by atoms with Crippen molar-refractivity contribution in [2.24, 2.45) is 0 Å². The lowest BCUT2D eigenvalue weighted by atomic mass is 10.2. The molecule has 0 radical (unpaired) electrons. The predicted octanol–water partition coefficient (Wildman–Crippen LogP) is 0.830. The van der Waals surface area contributed by atoms with Crippen LogP contribution in [0.2, 0.25) is 0 Å². The molecule has 9 heavy (non-hydrogen) atoms. The molecule has 0 aromatic carbocycles. The van der Waals surface area contributed by atoms with Crippen molar-refractivity contribution >= 4 is 11.8 Å². The van der Waals surface area contributed by atoms with E-state index in [2.05, 4.69) is 0 Å². The molecular formula is C6H10O3. The number of carboxylic acid groups (broad SMARTS) is 1. The highest BCUT2D eigenvalue weighted by Crippen LogP contribution is 1.94. The maximum atomic E-state index is 10.3. The summed E-state index contributed by atoms with van der Waals surface area (Å²) >= 11 is 0. The van der Waals surface area contributed by atoms with Crippen LogP contribution in [0.3, 0.4) is 0 Å². The second-order valence-corrected chi connectivity index (χ2v) is 1.83. The lowest BCUT2D eigenvalue weighted by molar-refractivity contribution is -0.149. The van der Waals surface area contributed by atoms with Gasteiger partial charge in [0, 0.05) is 6.42 Å². The first-order chi connectivity index (χ1) is 4.18. The van der Waals surface area contributed by atoms with Crippen LogP contribution in [0.4, 0.5) is 0 Å². The van der Waals surface area contributed by atoms with Gasteiger partial charge >= 0.3 is 5.97 Å². The Hall–Kier alpha value is -0.860. The van der Waals surface area contributed by atoms with Crippen LogP contribution >= 0.6 is 0 Å². The van der Waals surface area contributed by atoms with Gasteiger partial charge in [-0.1, -0.05) is 13.3 Å². The van der Waals surface area contributed by atoms with E-state index < -0.39 is 11.8 Å². The topological polar surface area (TPSA) is 54.4 Å². The summed E-state index contributed by atoms with van der Waals surface area (Å²) in [6.07, 6.45) is 1.70. The Morgan fingerprint density at radius 1 is 1.44 bits per heavy atom. The molecule has 0 aliphatic rings. The number of carbonyl (C=O) groups excluding carboxylic acids is 1. The van der Waals surface area contributed by atoms with Gasteiger partial charge in [0.15, 0.2) is 0 Å². The van der Waals surface area contributed by atoms with E-state index >= 15 is 0 Å². The average Bonchev–Trinajstić information content (AvgIpc) is 1.82. The molecule has 0 fully saturated rings. The van der Waals surface area contributed by atoms with Gasteiger partial charge in [0.25, 0.3) is 0 Å². The Kier molecular flexibility index (Phi) is 3.67. The smallest absolute Gasteiger partial charge is 0.372 e. The summed E-state index contributed by atoms with van der Waals surface area (Å²) in [5.41, 5.74) is 0. The van der Waals surface area contributed by atoms with Crippen molar-refractivity contribution in [1.82, 2.24) is 0 Å². The van der Waals surface area contributed by atoms with E-state index in [9.17, 15) is 9.59 Å². The van der Waals surface area contributed by atoms with Crippen LogP contribution in [0.1, 0.15) is 26.2 Å². The molecule has 52 valence electrons. The van der Waals surface area contributed by atoms with Crippen LogP contribution in [0.15, 0.2) is 0 Å². The second kappa shape index (κ2) is 4.06. The van der Waals surface area contributed by atoms with Gasteiger partial charge in [-0.05, 0) is 6.42 Å². The Morgan fingerprint density at radius 3 is 2.33 bits per heavy atom. The fraction of sp³-hybridized carbons (Fsp3) is 0.667. The zero-order valence-corrected chi connectivity index (χ0v) is 5.39. The Balaban J connectivity index is 3.39. The molecule has 0 aliphatic heterocycles. The molecule has 0 atom stereocenters. The average molecular weight is 130 g/mol. The summed E-state index contributed by atoms with van der Waals surface area (Å²) in [4.78, 5) is 20.2. The van der Waals surface area contributed by atoms with E-state index in [0.717, 1.165) is 6.42 Å². The van der Waals surface area contributed by atoms with Crippen LogP contribution in [-0.4, -0.2) is 16.9 Å². The van der Waals surface area contributed by atoms with Gasteiger partial charge in [0.2, 0.25) is 5.78 Å². The number of Topliss-reactive ketones (excluding diaryl/α,β-unsaturated/α-hetero) is 1. The molecule has 0 amide bonds. The lowest BCUT2D eigenvalue weighted by Crippen LogP contribution is -2.11. The maximum absolute atomic E-state index is 10.3. The first kappa shape index (κ1) is 8.14. The molecule has 0 aromatic heterocycles. The summed E-state index contributed by atoms with van der Waals surface area (Å²) in [5, 5.41) is 8.06. The fourth-order valence-corrected chi connectivity index (χ4v) is 0.444. The van der Waals surface area contributed by atoms with Crippen LogP contribution in [-0.2, 0) is 9.59 Å². The monoisotopic (exact) mass is 130 g/mol. The van der Waals surface area contributed by atoms with Crippen LogP contribution < -0.4 is 0 Å². The van der Waals surface area contributed by atoms with Crippen LogP contribution in [0.5, 0.6) is 0 Å². The zero-order valence-electron chi connectivity index (χ0n) is 5.39. The quantitative estimate of drug-likeness (QED) is 0.573. The molecule has 3 nitrogen and oxygen atoms in total. The number of aliphatic carboxylic acids is 1. The van der Waals surface area contributed by atoms with Gasteiger partial charge in [-0.3, -0.25) is 4.79 Å². The number of rotatable bonds is 4. The summed E-state index contributed by atoms with van der Waals surface area (Å²) in [5.74, 6) is -2.00.